The number of amides is 1. The zero-order valence-electron chi connectivity index (χ0n) is 7.59. The molecule has 12 heavy (non-hydrogen) atoms. The van der Waals surface area contributed by atoms with Crippen LogP contribution >= 0.6 is 0 Å². The molecular formula is C9H15NO2. The number of carbonyl (C=O) groups excluding carboxylic acids is 2. The molecule has 0 aromatic rings. The summed E-state index contributed by atoms with van der Waals surface area (Å²) in [6.07, 6.45) is 3.19. The van der Waals surface area contributed by atoms with Crippen LogP contribution in [0.15, 0.2) is 12.7 Å². The number of aldehydes is 1. The Morgan fingerprint density at radius 3 is 2.58 bits per heavy atom. The standard InChI is InChI=1S/C9H15NO2/c1-4-8(12)10-9(2,3)6-5-7-11/h4,7H,1,5-6H2,2-3H3,(H,10,12). The first-order valence-corrected chi connectivity index (χ1v) is 3.90. The smallest absolute Gasteiger partial charge is 0.243 e. The Bertz CT molecular complexity index is 185. The third-order valence-corrected chi connectivity index (χ3v) is 1.53. The van der Waals surface area contributed by atoms with Gasteiger partial charge < -0.3 is 10.1 Å². The second-order valence-corrected chi connectivity index (χ2v) is 3.28. The van der Waals surface area contributed by atoms with Gasteiger partial charge >= 0.3 is 0 Å². The number of hydrogen-bond donors (Lipinski definition) is 1. The number of nitrogens with one attached hydrogen (secondary N) is 1. The second kappa shape index (κ2) is 4.70. The zero-order chi connectivity index (χ0) is 9.61. The zero-order valence-corrected chi connectivity index (χ0v) is 7.59. The van der Waals surface area contributed by atoms with Crippen molar-refractivity contribution in [2.24, 2.45) is 0 Å². The van der Waals surface area contributed by atoms with Crippen LogP contribution in [-0.4, -0.2) is 17.7 Å². The van der Waals surface area contributed by atoms with Crippen LogP contribution in [-0.2, 0) is 9.59 Å². The fourth-order valence-electron chi connectivity index (χ4n) is 0.867. The molecule has 0 aliphatic rings. The maximum absolute atomic E-state index is 10.9. The average molecular weight is 169 g/mol. The molecule has 0 fully saturated rings. The van der Waals surface area contributed by atoms with Gasteiger partial charge in [0.25, 0.3) is 0 Å². The summed E-state index contributed by atoms with van der Waals surface area (Å²) in [6, 6.07) is 0. The molecule has 0 aliphatic heterocycles. The molecule has 3 heteroatoms. The van der Waals surface area contributed by atoms with Gasteiger partial charge in [0.2, 0.25) is 5.91 Å². The molecule has 0 rings (SSSR count). The van der Waals surface area contributed by atoms with Crippen molar-refractivity contribution in [2.75, 3.05) is 0 Å². The lowest BCUT2D eigenvalue weighted by Crippen LogP contribution is -2.42. The monoisotopic (exact) mass is 169 g/mol. The summed E-state index contributed by atoms with van der Waals surface area (Å²) in [6.45, 7) is 7.09. The van der Waals surface area contributed by atoms with Gasteiger partial charge in [-0.3, -0.25) is 4.79 Å². The highest BCUT2D eigenvalue weighted by Crippen LogP contribution is 2.09. The average Bonchev–Trinajstić information content (AvgIpc) is 2.00. The van der Waals surface area contributed by atoms with Crippen molar-refractivity contribution in [3.05, 3.63) is 12.7 Å². The van der Waals surface area contributed by atoms with Crippen molar-refractivity contribution in [3.8, 4) is 0 Å². The normalized spacial score (nSPS) is 10.5. The summed E-state index contributed by atoms with van der Waals surface area (Å²) in [5.41, 5.74) is -0.327. The van der Waals surface area contributed by atoms with Crippen LogP contribution in [0.4, 0.5) is 0 Å². The van der Waals surface area contributed by atoms with E-state index in [4.69, 9.17) is 0 Å². The Morgan fingerprint density at radius 1 is 1.58 bits per heavy atom. The molecule has 0 heterocycles. The van der Waals surface area contributed by atoms with E-state index >= 15 is 0 Å². The minimum atomic E-state index is -0.327. The molecule has 1 amide bonds. The molecule has 0 bridgehead atoms. The van der Waals surface area contributed by atoms with E-state index in [0.29, 0.717) is 12.8 Å². The van der Waals surface area contributed by atoms with Crippen molar-refractivity contribution in [1.29, 1.82) is 0 Å². The summed E-state index contributed by atoms with van der Waals surface area (Å²) >= 11 is 0. The molecule has 0 aromatic carbocycles. The molecule has 68 valence electrons. The Morgan fingerprint density at radius 2 is 2.17 bits per heavy atom. The van der Waals surface area contributed by atoms with Crippen LogP contribution in [0.25, 0.3) is 0 Å². The van der Waals surface area contributed by atoms with Gasteiger partial charge in [-0.1, -0.05) is 6.58 Å². The topological polar surface area (TPSA) is 46.2 Å². The summed E-state index contributed by atoms with van der Waals surface area (Å²) in [5.74, 6) is -0.203. The largest absolute Gasteiger partial charge is 0.348 e. The molecule has 0 spiro atoms. The molecule has 0 saturated heterocycles. The molecule has 0 aliphatic carbocycles. The second-order valence-electron chi connectivity index (χ2n) is 3.28. The third-order valence-electron chi connectivity index (χ3n) is 1.53. The maximum atomic E-state index is 10.9. The van der Waals surface area contributed by atoms with E-state index in [1.807, 2.05) is 13.8 Å². The Hall–Kier alpha value is -1.12. The lowest BCUT2D eigenvalue weighted by atomic mass is 9.99. The summed E-state index contributed by atoms with van der Waals surface area (Å²) in [5, 5.41) is 2.72. The minimum absolute atomic E-state index is 0.203. The van der Waals surface area contributed by atoms with E-state index in [9.17, 15) is 9.59 Å². The van der Waals surface area contributed by atoms with Gasteiger partial charge in [0.1, 0.15) is 6.29 Å². The van der Waals surface area contributed by atoms with Crippen molar-refractivity contribution >= 4 is 12.2 Å². The highest BCUT2D eigenvalue weighted by Gasteiger charge is 2.17. The summed E-state index contributed by atoms with van der Waals surface area (Å²) in [4.78, 5) is 20.9. The van der Waals surface area contributed by atoms with Gasteiger partial charge in [0.15, 0.2) is 0 Å². The predicted octanol–water partition coefficient (Wildman–Crippen LogP) is 1.05. The SMILES string of the molecule is C=CC(=O)NC(C)(C)CCC=O. The first-order valence-electron chi connectivity index (χ1n) is 3.90. The van der Waals surface area contributed by atoms with E-state index in [0.717, 1.165) is 6.29 Å². The third kappa shape index (κ3) is 4.66. The molecule has 0 unspecified atom stereocenters. The fourth-order valence-corrected chi connectivity index (χ4v) is 0.867. The van der Waals surface area contributed by atoms with Crippen LogP contribution < -0.4 is 5.32 Å². The number of rotatable bonds is 5. The van der Waals surface area contributed by atoms with Gasteiger partial charge in [0, 0.05) is 12.0 Å². The van der Waals surface area contributed by atoms with Gasteiger partial charge in [-0.15, -0.1) is 0 Å². The van der Waals surface area contributed by atoms with E-state index in [1.54, 1.807) is 0 Å². The van der Waals surface area contributed by atoms with Crippen LogP contribution in [0.1, 0.15) is 26.7 Å². The quantitative estimate of drug-likeness (QED) is 0.494. The highest BCUT2D eigenvalue weighted by atomic mass is 16.1. The van der Waals surface area contributed by atoms with E-state index < -0.39 is 0 Å². The lowest BCUT2D eigenvalue weighted by molar-refractivity contribution is -0.118. The van der Waals surface area contributed by atoms with E-state index in [1.165, 1.54) is 6.08 Å². The van der Waals surface area contributed by atoms with Gasteiger partial charge in [0.05, 0.1) is 0 Å². The highest BCUT2D eigenvalue weighted by molar-refractivity contribution is 5.87. The van der Waals surface area contributed by atoms with Crippen molar-refractivity contribution < 1.29 is 9.59 Å². The van der Waals surface area contributed by atoms with Crippen LogP contribution in [0.3, 0.4) is 0 Å². The molecule has 1 N–H and O–H groups in total. The predicted molar refractivity (Wildman–Crippen MR) is 47.7 cm³/mol. The number of carbonyl (C=O) groups is 2. The molecule has 0 aromatic heterocycles. The minimum Gasteiger partial charge on any atom is -0.348 e. The number of hydrogen-bond acceptors (Lipinski definition) is 2. The Kier molecular flexibility index (Phi) is 4.26. The maximum Gasteiger partial charge on any atom is 0.243 e. The Labute approximate surface area is 72.8 Å². The van der Waals surface area contributed by atoms with E-state index in [2.05, 4.69) is 11.9 Å². The summed E-state index contributed by atoms with van der Waals surface area (Å²) < 4.78 is 0. The van der Waals surface area contributed by atoms with Crippen molar-refractivity contribution in [2.45, 2.75) is 32.2 Å². The Balaban J connectivity index is 3.93. The lowest BCUT2D eigenvalue weighted by Gasteiger charge is -2.24. The van der Waals surface area contributed by atoms with Gasteiger partial charge in [-0.25, -0.2) is 0 Å². The van der Waals surface area contributed by atoms with Gasteiger partial charge in [-0.2, -0.15) is 0 Å². The first-order chi connectivity index (χ1) is 5.52. The van der Waals surface area contributed by atoms with Gasteiger partial charge in [-0.05, 0) is 26.3 Å². The van der Waals surface area contributed by atoms with Crippen LogP contribution in [0, 0.1) is 0 Å². The van der Waals surface area contributed by atoms with Crippen molar-refractivity contribution in [3.63, 3.8) is 0 Å². The molecule has 0 atom stereocenters. The molecular weight excluding hydrogens is 154 g/mol. The fraction of sp³-hybridized carbons (Fsp3) is 0.556. The molecule has 0 saturated carbocycles. The van der Waals surface area contributed by atoms with Crippen LogP contribution in [0.2, 0.25) is 0 Å². The summed E-state index contributed by atoms with van der Waals surface area (Å²) in [7, 11) is 0. The molecule has 3 nitrogen and oxygen atoms in total. The van der Waals surface area contributed by atoms with Crippen molar-refractivity contribution in [1.82, 2.24) is 5.32 Å². The van der Waals surface area contributed by atoms with E-state index in [-0.39, 0.29) is 11.4 Å². The van der Waals surface area contributed by atoms with Crippen LogP contribution in [0.5, 0.6) is 0 Å². The first kappa shape index (κ1) is 10.9. The molecule has 0 radical (unpaired) electrons.